The first-order valence-corrected chi connectivity index (χ1v) is 5.24. The highest BCUT2D eigenvalue weighted by molar-refractivity contribution is 5.93. The summed E-state index contributed by atoms with van der Waals surface area (Å²) < 4.78 is 22.1. The summed E-state index contributed by atoms with van der Waals surface area (Å²) in [6, 6.07) is 0. The monoisotopic (exact) mass is 231 g/mol. The first kappa shape index (κ1) is 11.8. The van der Waals surface area contributed by atoms with Crippen LogP contribution < -0.4 is 0 Å². The number of ether oxygens (including phenoxy) is 4. The van der Waals surface area contributed by atoms with Gasteiger partial charge in [0.15, 0.2) is 12.1 Å². The highest BCUT2D eigenvalue weighted by Gasteiger charge is 2.53. The largest absolute Gasteiger partial charge is 0.411 e. The Balaban J connectivity index is 2.27. The summed E-state index contributed by atoms with van der Waals surface area (Å²) in [5.41, 5.74) is 0.434. The van der Waals surface area contributed by atoms with Crippen molar-refractivity contribution in [1.29, 1.82) is 0 Å². The SMILES string of the molecule is COC1OC(C)/C(=N\O)C2OC(C)(C)OC12. The first-order valence-electron chi connectivity index (χ1n) is 5.24. The number of oxime groups is 1. The molecule has 0 aromatic carbocycles. The van der Waals surface area contributed by atoms with E-state index in [1.165, 1.54) is 0 Å². The summed E-state index contributed by atoms with van der Waals surface area (Å²) >= 11 is 0. The molecule has 0 aliphatic carbocycles. The lowest BCUT2D eigenvalue weighted by molar-refractivity contribution is -0.220. The molecule has 2 heterocycles. The molecule has 16 heavy (non-hydrogen) atoms. The van der Waals surface area contributed by atoms with Crippen molar-refractivity contribution in [2.24, 2.45) is 5.16 Å². The second kappa shape index (κ2) is 3.96. The van der Waals surface area contributed by atoms with E-state index in [-0.39, 0.29) is 6.10 Å². The Morgan fingerprint density at radius 3 is 2.62 bits per heavy atom. The highest BCUT2D eigenvalue weighted by atomic mass is 16.8. The zero-order chi connectivity index (χ0) is 11.9. The predicted molar refractivity (Wildman–Crippen MR) is 54.4 cm³/mol. The van der Waals surface area contributed by atoms with Gasteiger partial charge in [-0.05, 0) is 20.8 Å². The molecule has 2 aliphatic heterocycles. The van der Waals surface area contributed by atoms with Gasteiger partial charge in [0.2, 0.25) is 0 Å². The van der Waals surface area contributed by atoms with E-state index in [1.807, 2.05) is 0 Å². The van der Waals surface area contributed by atoms with Crippen molar-refractivity contribution < 1.29 is 24.2 Å². The summed E-state index contributed by atoms with van der Waals surface area (Å²) in [6.45, 7) is 5.39. The van der Waals surface area contributed by atoms with Crippen molar-refractivity contribution in [3.63, 3.8) is 0 Å². The molecule has 1 N–H and O–H groups in total. The second-order valence-electron chi connectivity index (χ2n) is 4.43. The van der Waals surface area contributed by atoms with Gasteiger partial charge in [-0.25, -0.2) is 0 Å². The van der Waals surface area contributed by atoms with E-state index in [0.717, 1.165) is 0 Å². The third-order valence-corrected chi connectivity index (χ3v) is 2.79. The van der Waals surface area contributed by atoms with Crippen molar-refractivity contribution in [2.75, 3.05) is 7.11 Å². The standard InChI is InChI=1S/C10H17NO5/c1-5-6(11-12)7-8(9(13-4)14-5)16-10(2,3)15-7/h5,7-9,12H,1-4H3/b11-6+. The molecule has 4 unspecified atom stereocenters. The van der Waals surface area contributed by atoms with Crippen LogP contribution in [-0.2, 0) is 18.9 Å². The van der Waals surface area contributed by atoms with Gasteiger partial charge in [-0.3, -0.25) is 0 Å². The zero-order valence-electron chi connectivity index (χ0n) is 9.84. The normalized spacial score (nSPS) is 44.6. The Bertz CT molecular complexity index is 304. The highest BCUT2D eigenvalue weighted by Crippen LogP contribution is 2.36. The number of methoxy groups -OCH3 is 1. The van der Waals surface area contributed by atoms with E-state index in [9.17, 15) is 0 Å². The summed E-state index contributed by atoms with van der Waals surface area (Å²) in [5.74, 6) is -0.727. The molecule has 0 spiro atoms. The van der Waals surface area contributed by atoms with E-state index < -0.39 is 24.3 Å². The van der Waals surface area contributed by atoms with Gasteiger partial charge in [-0.15, -0.1) is 0 Å². The van der Waals surface area contributed by atoms with Crippen LogP contribution in [0.15, 0.2) is 5.16 Å². The van der Waals surface area contributed by atoms with Crippen LogP contribution in [0.25, 0.3) is 0 Å². The quantitative estimate of drug-likeness (QED) is 0.532. The van der Waals surface area contributed by atoms with Crippen LogP contribution in [0.4, 0.5) is 0 Å². The van der Waals surface area contributed by atoms with Crippen molar-refractivity contribution in [2.45, 2.75) is 51.2 Å². The van der Waals surface area contributed by atoms with Crippen molar-refractivity contribution in [1.82, 2.24) is 0 Å². The lowest BCUT2D eigenvalue weighted by atomic mass is 10.0. The minimum atomic E-state index is -0.727. The minimum Gasteiger partial charge on any atom is -0.411 e. The van der Waals surface area contributed by atoms with Crippen molar-refractivity contribution >= 4 is 5.71 Å². The van der Waals surface area contributed by atoms with Crippen LogP contribution in [0, 0.1) is 0 Å². The molecule has 2 rings (SSSR count). The van der Waals surface area contributed by atoms with E-state index in [4.69, 9.17) is 24.2 Å². The molecule has 0 aromatic heterocycles. The molecule has 0 bridgehead atoms. The molecule has 0 aromatic rings. The molecule has 2 saturated heterocycles. The fraction of sp³-hybridized carbons (Fsp3) is 0.900. The van der Waals surface area contributed by atoms with Gasteiger partial charge in [0, 0.05) is 7.11 Å². The van der Waals surface area contributed by atoms with Crippen LogP contribution in [0.1, 0.15) is 20.8 Å². The predicted octanol–water partition coefficient (Wildman–Crippen LogP) is 0.728. The lowest BCUT2D eigenvalue weighted by Crippen LogP contribution is -2.53. The van der Waals surface area contributed by atoms with Gasteiger partial charge >= 0.3 is 0 Å². The Kier molecular flexibility index (Phi) is 2.91. The summed E-state index contributed by atoms with van der Waals surface area (Å²) in [6.07, 6.45) is -1.68. The molecule has 2 fully saturated rings. The average molecular weight is 231 g/mol. The molecule has 0 radical (unpaired) electrons. The van der Waals surface area contributed by atoms with Crippen LogP contribution in [0.3, 0.4) is 0 Å². The fourth-order valence-electron chi connectivity index (χ4n) is 2.12. The molecular formula is C10H17NO5. The number of fused-ring (bicyclic) bond motifs is 1. The topological polar surface area (TPSA) is 69.5 Å². The smallest absolute Gasteiger partial charge is 0.187 e. The first-order chi connectivity index (χ1) is 7.48. The van der Waals surface area contributed by atoms with E-state index >= 15 is 0 Å². The number of rotatable bonds is 1. The van der Waals surface area contributed by atoms with Crippen LogP contribution in [0.2, 0.25) is 0 Å². The van der Waals surface area contributed by atoms with Gasteiger partial charge in [-0.1, -0.05) is 5.16 Å². The number of hydrogen-bond acceptors (Lipinski definition) is 6. The lowest BCUT2D eigenvalue weighted by Gasteiger charge is -2.34. The third-order valence-electron chi connectivity index (χ3n) is 2.79. The van der Waals surface area contributed by atoms with Crippen LogP contribution in [0.5, 0.6) is 0 Å². The Hall–Kier alpha value is -0.690. The summed E-state index contributed by atoms with van der Waals surface area (Å²) in [4.78, 5) is 0. The van der Waals surface area contributed by atoms with Crippen molar-refractivity contribution in [3.8, 4) is 0 Å². The maximum atomic E-state index is 8.97. The molecule has 92 valence electrons. The number of nitrogens with zero attached hydrogens (tertiary/aromatic N) is 1. The van der Waals surface area contributed by atoms with E-state index in [2.05, 4.69) is 5.16 Å². The fourth-order valence-corrected chi connectivity index (χ4v) is 2.12. The Labute approximate surface area is 94.1 Å². The summed E-state index contributed by atoms with van der Waals surface area (Å²) in [5, 5.41) is 12.2. The molecule has 2 aliphatic rings. The third kappa shape index (κ3) is 1.82. The summed E-state index contributed by atoms with van der Waals surface area (Å²) in [7, 11) is 1.55. The zero-order valence-corrected chi connectivity index (χ0v) is 9.84. The van der Waals surface area contributed by atoms with Gasteiger partial charge < -0.3 is 24.2 Å². The average Bonchev–Trinajstić information content (AvgIpc) is 2.52. The van der Waals surface area contributed by atoms with E-state index in [1.54, 1.807) is 27.9 Å². The molecule has 4 atom stereocenters. The van der Waals surface area contributed by atoms with E-state index in [0.29, 0.717) is 5.71 Å². The van der Waals surface area contributed by atoms with Gasteiger partial charge in [0.1, 0.15) is 24.0 Å². The van der Waals surface area contributed by atoms with Crippen LogP contribution >= 0.6 is 0 Å². The Morgan fingerprint density at radius 1 is 1.38 bits per heavy atom. The van der Waals surface area contributed by atoms with Gasteiger partial charge in [-0.2, -0.15) is 0 Å². The molecule has 0 amide bonds. The minimum absolute atomic E-state index is 0.353. The number of hydrogen-bond donors (Lipinski definition) is 1. The second-order valence-corrected chi connectivity index (χ2v) is 4.43. The van der Waals surface area contributed by atoms with Crippen LogP contribution in [-0.4, -0.2) is 48.4 Å². The van der Waals surface area contributed by atoms with Crippen molar-refractivity contribution in [3.05, 3.63) is 0 Å². The van der Waals surface area contributed by atoms with Gasteiger partial charge in [0.25, 0.3) is 0 Å². The van der Waals surface area contributed by atoms with Gasteiger partial charge in [0.05, 0.1) is 0 Å². The molecule has 6 nitrogen and oxygen atoms in total. The molecular weight excluding hydrogens is 214 g/mol. The molecule has 0 saturated carbocycles. The molecule has 6 heteroatoms. The maximum Gasteiger partial charge on any atom is 0.187 e. The Morgan fingerprint density at radius 2 is 2.06 bits per heavy atom. The maximum absolute atomic E-state index is 8.97.